The third kappa shape index (κ3) is 2.00. The molecule has 1 aliphatic heterocycles. The van der Waals surface area contributed by atoms with Gasteiger partial charge in [0.05, 0.1) is 17.8 Å². The molecule has 0 aromatic rings. The van der Waals surface area contributed by atoms with Crippen molar-refractivity contribution in [2.45, 2.75) is 76.2 Å². The van der Waals surface area contributed by atoms with E-state index in [1.807, 2.05) is 0 Å². The maximum Gasteiger partial charge on any atom is 0.244 e. The van der Waals surface area contributed by atoms with Crippen molar-refractivity contribution in [3.63, 3.8) is 0 Å². The quantitative estimate of drug-likeness (QED) is 0.848. The monoisotopic (exact) mass is 266 g/mol. The number of carbonyl (C=O) groups excluding carboxylic acids is 1. The van der Waals surface area contributed by atoms with Crippen LogP contribution in [0.4, 0.5) is 0 Å². The summed E-state index contributed by atoms with van der Waals surface area (Å²) in [5.41, 5.74) is -0.229. The minimum atomic E-state index is -0.229. The summed E-state index contributed by atoms with van der Waals surface area (Å²) in [4.78, 5) is 15.1. The zero-order valence-corrected chi connectivity index (χ0v) is 12.3. The average Bonchev–Trinajstić information content (AvgIpc) is 2.89. The van der Waals surface area contributed by atoms with E-state index < -0.39 is 0 Å². The summed E-state index contributed by atoms with van der Waals surface area (Å²) in [7, 11) is 1.77. The number of methoxy groups -OCH3 is 1. The van der Waals surface area contributed by atoms with E-state index >= 15 is 0 Å². The molecule has 1 amide bonds. The number of hydrogen-bond acceptors (Lipinski definition) is 3. The summed E-state index contributed by atoms with van der Waals surface area (Å²) in [6.07, 6.45) is 6.98. The third-order valence-electron chi connectivity index (χ3n) is 5.25. The molecule has 3 aliphatic rings. The summed E-state index contributed by atoms with van der Waals surface area (Å²) < 4.78 is 5.37. The second-order valence-electron chi connectivity index (χ2n) is 6.82. The predicted octanol–water partition coefficient (Wildman–Crippen LogP) is 1.89. The van der Waals surface area contributed by atoms with Crippen LogP contribution in [-0.4, -0.2) is 41.8 Å². The van der Waals surface area contributed by atoms with Gasteiger partial charge < -0.3 is 9.64 Å². The first-order valence-corrected chi connectivity index (χ1v) is 7.70. The third-order valence-corrected chi connectivity index (χ3v) is 5.25. The lowest BCUT2D eigenvalue weighted by Gasteiger charge is -2.43. The topological polar surface area (TPSA) is 41.6 Å². The fourth-order valence-corrected chi connectivity index (χ4v) is 3.96. The first-order chi connectivity index (χ1) is 9.07. The van der Waals surface area contributed by atoms with Crippen molar-refractivity contribution in [3.05, 3.63) is 0 Å². The van der Waals surface area contributed by atoms with Crippen molar-refractivity contribution in [1.82, 2.24) is 10.2 Å². The zero-order chi connectivity index (χ0) is 13.6. The van der Waals surface area contributed by atoms with Crippen molar-refractivity contribution in [3.8, 4) is 0 Å². The lowest BCUT2D eigenvalue weighted by atomic mass is 9.86. The highest BCUT2D eigenvalue weighted by Crippen LogP contribution is 2.42. The lowest BCUT2D eigenvalue weighted by Crippen LogP contribution is -2.54. The van der Waals surface area contributed by atoms with Gasteiger partial charge in [0.2, 0.25) is 5.91 Å². The molecular weight excluding hydrogens is 240 g/mol. The summed E-state index contributed by atoms with van der Waals surface area (Å²) >= 11 is 0. The van der Waals surface area contributed by atoms with Crippen LogP contribution >= 0.6 is 0 Å². The molecule has 0 aromatic carbocycles. The van der Waals surface area contributed by atoms with Gasteiger partial charge in [0.1, 0.15) is 0 Å². The second kappa shape index (κ2) is 4.74. The fraction of sp³-hybridized carbons (Fsp3) is 0.933. The predicted molar refractivity (Wildman–Crippen MR) is 73.6 cm³/mol. The number of hydrogen-bond donors (Lipinski definition) is 1. The number of nitrogens with one attached hydrogen (secondary N) is 1. The Morgan fingerprint density at radius 2 is 1.95 bits per heavy atom. The van der Waals surface area contributed by atoms with Crippen LogP contribution in [0, 0.1) is 5.92 Å². The molecule has 1 atom stereocenters. The number of ether oxygens (including phenoxy) is 1. The molecule has 108 valence electrons. The fourth-order valence-electron chi connectivity index (χ4n) is 3.96. The Morgan fingerprint density at radius 3 is 2.47 bits per heavy atom. The molecule has 2 saturated carbocycles. The Labute approximate surface area is 115 Å². The minimum absolute atomic E-state index is 0.216. The zero-order valence-electron chi connectivity index (χ0n) is 12.3. The van der Waals surface area contributed by atoms with E-state index in [1.165, 1.54) is 12.8 Å². The first kappa shape index (κ1) is 13.4. The Balaban J connectivity index is 1.78. The van der Waals surface area contributed by atoms with Crippen LogP contribution in [0.25, 0.3) is 0 Å². The van der Waals surface area contributed by atoms with Crippen LogP contribution in [0.15, 0.2) is 0 Å². The molecule has 2 aliphatic carbocycles. The van der Waals surface area contributed by atoms with Gasteiger partial charge in [0.25, 0.3) is 0 Å². The smallest absolute Gasteiger partial charge is 0.244 e. The minimum Gasteiger partial charge on any atom is -0.381 e. The van der Waals surface area contributed by atoms with Crippen LogP contribution in [0.2, 0.25) is 0 Å². The standard InChI is InChI=1S/C15H26N2O2/c1-10(2)13-16-15(6-4-5-7-15)14(18)17(13)11-8-12(9-11)19-3/h10-13,16H,4-9H2,1-3H3. The molecule has 1 heterocycles. The molecule has 3 rings (SSSR count). The first-order valence-electron chi connectivity index (χ1n) is 7.70. The molecule has 1 spiro atoms. The van der Waals surface area contributed by atoms with Crippen LogP contribution in [-0.2, 0) is 9.53 Å². The van der Waals surface area contributed by atoms with E-state index in [0.717, 1.165) is 25.7 Å². The van der Waals surface area contributed by atoms with Gasteiger partial charge in [-0.3, -0.25) is 10.1 Å². The van der Waals surface area contributed by atoms with Crippen molar-refractivity contribution in [1.29, 1.82) is 0 Å². The maximum absolute atomic E-state index is 12.9. The van der Waals surface area contributed by atoms with Crippen LogP contribution in [0.1, 0.15) is 52.4 Å². The molecule has 4 nitrogen and oxygen atoms in total. The number of nitrogens with zero attached hydrogens (tertiary/aromatic N) is 1. The van der Waals surface area contributed by atoms with E-state index in [-0.39, 0.29) is 11.7 Å². The molecule has 1 saturated heterocycles. The lowest BCUT2D eigenvalue weighted by molar-refractivity contribution is -0.141. The number of amides is 1. The van der Waals surface area contributed by atoms with Crippen molar-refractivity contribution in [2.75, 3.05) is 7.11 Å². The highest BCUT2D eigenvalue weighted by atomic mass is 16.5. The van der Waals surface area contributed by atoms with Gasteiger partial charge in [-0.05, 0) is 31.6 Å². The molecule has 0 radical (unpaired) electrons. The van der Waals surface area contributed by atoms with Crippen molar-refractivity contribution in [2.24, 2.45) is 5.92 Å². The van der Waals surface area contributed by atoms with Gasteiger partial charge in [-0.25, -0.2) is 0 Å². The molecule has 1 N–H and O–H groups in total. The SMILES string of the molecule is COC1CC(N2C(=O)C3(CCCC3)NC2C(C)C)C1. The Hall–Kier alpha value is -0.610. The van der Waals surface area contributed by atoms with Crippen LogP contribution < -0.4 is 5.32 Å². The highest BCUT2D eigenvalue weighted by Gasteiger charge is 2.56. The molecule has 0 bridgehead atoms. The molecule has 1 unspecified atom stereocenters. The van der Waals surface area contributed by atoms with E-state index in [2.05, 4.69) is 24.1 Å². The molecular formula is C15H26N2O2. The normalized spacial score (nSPS) is 37.4. The van der Waals surface area contributed by atoms with E-state index in [4.69, 9.17) is 4.74 Å². The van der Waals surface area contributed by atoms with Crippen molar-refractivity contribution >= 4 is 5.91 Å². The molecule has 3 fully saturated rings. The van der Waals surface area contributed by atoms with Gasteiger partial charge in [0.15, 0.2) is 0 Å². The van der Waals surface area contributed by atoms with E-state index in [0.29, 0.717) is 24.0 Å². The Morgan fingerprint density at radius 1 is 1.32 bits per heavy atom. The van der Waals surface area contributed by atoms with Gasteiger partial charge >= 0.3 is 0 Å². The summed E-state index contributed by atoms with van der Waals surface area (Å²) in [6, 6.07) is 0.386. The molecule has 19 heavy (non-hydrogen) atoms. The van der Waals surface area contributed by atoms with Crippen molar-refractivity contribution < 1.29 is 9.53 Å². The Bertz CT molecular complexity index is 357. The van der Waals surface area contributed by atoms with Gasteiger partial charge in [-0.2, -0.15) is 0 Å². The van der Waals surface area contributed by atoms with Crippen LogP contribution in [0.3, 0.4) is 0 Å². The van der Waals surface area contributed by atoms with E-state index in [1.54, 1.807) is 7.11 Å². The largest absolute Gasteiger partial charge is 0.381 e. The summed E-state index contributed by atoms with van der Waals surface area (Å²) in [6.45, 7) is 4.41. The van der Waals surface area contributed by atoms with Gasteiger partial charge in [-0.15, -0.1) is 0 Å². The highest BCUT2D eigenvalue weighted by molar-refractivity contribution is 5.89. The Kier molecular flexibility index (Phi) is 3.34. The molecule has 4 heteroatoms. The van der Waals surface area contributed by atoms with E-state index in [9.17, 15) is 4.79 Å². The number of carbonyl (C=O) groups is 1. The summed E-state index contributed by atoms with van der Waals surface area (Å²) in [5.74, 6) is 0.828. The van der Waals surface area contributed by atoms with Gasteiger partial charge in [-0.1, -0.05) is 26.7 Å². The number of rotatable bonds is 3. The van der Waals surface area contributed by atoms with Gasteiger partial charge in [0, 0.05) is 13.2 Å². The maximum atomic E-state index is 12.9. The molecule has 0 aromatic heterocycles. The average molecular weight is 266 g/mol. The second-order valence-corrected chi connectivity index (χ2v) is 6.82. The summed E-state index contributed by atoms with van der Waals surface area (Å²) in [5, 5.41) is 3.68. The van der Waals surface area contributed by atoms with Crippen LogP contribution in [0.5, 0.6) is 0 Å².